The SMILES string of the molecule is C=C(NCc1ccc2c(c1)OCO2)c1cc(C)ccc1NC(=O)C1CCC(C(=O)OCC)CC1. The van der Waals surface area contributed by atoms with Gasteiger partial charge in [-0.05, 0) is 69.4 Å². The number of carbonyl (C=O) groups is 2. The van der Waals surface area contributed by atoms with Gasteiger partial charge >= 0.3 is 5.97 Å². The molecule has 7 nitrogen and oxygen atoms in total. The smallest absolute Gasteiger partial charge is 0.308 e. The Kier molecular flexibility index (Phi) is 7.40. The van der Waals surface area contributed by atoms with Crippen molar-refractivity contribution in [2.45, 2.75) is 46.1 Å². The summed E-state index contributed by atoms with van der Waals surface area (Å²) < 4.78 is 16.0. The van der Waals surface area contributed by atoms with E-state index in [-0.39, 0.29) is 30.5 Å². The summed E-state index contributed by atoms with van der Waals surface area (Å²) in [6, 6.07) is 11.7. The van der Waals surface area contributed by atoms with E-state index >= 15 is 0 Å². The number of hydrogen-bond donors (Lipinski definition) is 2. The van der Waals surface area contributed by atoms with E-state index in [1.807, 2.05) is 50.2 Å². The third-order valence-electron chi connectivity index (χ3n) is 6.42. The molecule has 0 atom stereocenters. The number of carbonyl (C=O) groups excluding carboxylic acids is 2. The zero-order valence-electron chi connectivity index (χ0n) is 19.8. The summed E-state index contributed by atoms with van der Waals surface area (Å²) >= 11 is 0. The quantitative estimate of drug-likeness (QED) is 0.546. The lowest BCUT2D eigenvalue weighted by Crippen LogP contribution is -2.30. The number of anilines is 1. The third-order valence-corrected chi connectivity index (χ3v) is 6.42. The maximum absolute atomic E-state index is 13.0. The van der Waals surface area contributed by atoms with E-state index < -0.39 is 0 Å². The Hall–Kier alpha value is -3.48. The molecular weight excluding hydrogens is 432 g/mol. The van der Waals surface area contributed by atoms with Crippen LogP contribution in [0.1, 0.15) is 49.3 Å². The van der Waals surface area contributed by atoms with E-state index in [4.69, 9.17) is 14.2 Å². The molecule has 1 amide bonds. The van der Waals surface area contributed by atoms with Crippen LogP contribution >= 0.6 is 0 Å². The highest BCUT2D eigenvalue weighted by Gasteiger charge is 2.31. The number of fused-ring (bicyclic) bond motifs is 1. The topological polar surface area (TPSA) is 85.9 Å². The second kappa shape index (κ2) is 10.6. The molecule has 0 bridgehead atoms. The Morgan fingerprint density at radius 1 is 1.03 bits per heavy atom. The van der Waals surface area contributed by atoms with Gasteiger partial charge in [-0.25, -0.2) is 0 Å². The molecule has 1 aliphatic heterocycles. The van der Waals surface area contributed by atoms with Gasteiger partial charge in [0, 0.05) is 23.7 Å². The molecule has 2 aromatic carbocycles. The first-order valence-corrected chi connectivity index (χ1v) is 11.8. The van der Waals surface area contributed by atoms with Gasteiger partial charge in [0.25, 0.3) is 0 Å². The van der Waals surface area contributed by atoms with Crippen molar-refractivity contribution >= 4 is 23.3 Å². The molecule has 0 aromatic heterocycles. The highest BCUT2D eigenvalue weighted by molar-refractivity contribution is 5.95. The minimum Gasteiger partial charge on any atom is -0.466 e. The number of benzene rings is 2. The van der Waals surface area contributed by atoms with Crippen LogP contribution in [0.25, 0.3) is 5.70 Å². The lowest BCUT2D eigenvalue weighted by Gasteiger charge is -2.27. The van der Waals surface area contributed by atoms with Crippen LogP contribution in [0.4, 0.5) is 5.69 Å². The zero-order valence-corrected chi connectivity index (χ0v) is 19.8. The predicted octanol–water partition coefficient (Wildman–Crippen LogP) is 4.79. The first kappa shape index (κ1) is 23.7. The number of amides is 1. The first-order chi connectivity index (χ1) is 16.4. The molecule has 34 heavy (non-hydrogen) atoms. The predicted molar refractivity (Wildman–Crippen MR) is 130 cm³/mol. The summed E-state index contributed by atoms with van der Waals surface area (Å²) in [4.78, 5) is 25.0. The number of hydrogen-bond acceptors (Lipinski definition) is 6. The fraction of sp³-hybridized carbons (Fsp3) is 0.407. The number of rotatable bonds is 8. The van der Waals surface area contributed by atoms with Crippen molar-refractivity contribution in [3.63, 3.8) is 0 Å². The van der Waals surface area contributed by atoms with Gasteiger partial charge in [-0.2, -0.15) is 0 Å². The van der Waals surface area contributed by atoms with Gasteiger partial charge in [-0.1, -0.05) is 24.3 Å². The Balaban J connectivity index is 1.37. The first-order valence-electron chi connectivity index (χ1n) is 11.8. The van der Waals surface area contributed by atoms with Gasteiger partial charge in [0.2, 0.25) is 12.7 Å². The number of nitrogens with one attached hydrogen (secondary N) is 2. The van der Waals surface area contributed by atoms with Crippen molar-refractivity contribution in [2.24, 2.45) is 11.8 Å². The van der Waals surface area contributed by atoms with Crippen molar-refractivity contribution in [1.82, 2.24) is 5.32 Å². The van der Waals surface area contributed by atoms with Crippen LogP contribution in [0.5, 0.6) is 11.5 Å². The largest absolute Gasteiger partial charge is 0.466 e. The minimum atomic E-state index is -0.146. The average molecular weight is 465 g/mol. The molecule has 1 aliphatic carbocycles. The molecule has 4 rings (SSSR count). The molecule has 2 aromatic rings. The van der Waals surface area contributed by atoms with Gasteiger partial charge < -0.3 is 24.8 Å². The molecule has 2 aliphatic rings. The third kappa shape index (κ3) is 5.53. The Labute approximate surface area is 200 Å². The summed E-state index contributed by atoms with van der Waals surface area (Å²) in [5, 5.41) is 6.46. The Morgan fingerprint density at radius 3 is 2.53 bits per heavy atom. The number of esters is 1. The highest BCUT2D eigenvalue weighted by atomic mass is 16.7. The molecule has 0 spiro atoms. The summed E-state index contributed by atoms with van der Waals surface area (Å²) in [7, 11) is 0. The van der Waals surface area contributed by atoms with Crippen molar-refractivity contribution in [1.29, 1.82) is 0 Å². The van der Waals surface area contributed by atoms with Crippen LogP contribution in [0.3, 0.4) is 0 Å². The van der Waals surface area contributed by atoms with Crippen LogP contribution in [0.15, 0.2) is 43.0 Å². The van der Waals surface area contributed by atoms with E-state index in [9.17, 15) is 9.59 Å². The van der Waals surface area contributed by atoms with E-state index in [1.165, 1.54) is 0 Å². The molecule has 180 valence electrons. The molecule has 1 saturated carbocycles. The van der Waals surface area contributed by atoms with Gasteiger partial charge in [-0.3, -0.25) is 9.59 Å². The number of ether oxygens (including phenoxy) is 3. The summed E-state index contributed by atoms with van der Waals surface area (Å²) in [5.41, 5.74) is 4.43. The molecular formula is C27H32N2O5. The van der Waals surface area contributed by atoms with E-state index in [0.29, 0.717) is 38.8 Å². The lowest BCUT2D eigenvalue weighted by molar-refractivity contribution is -0.150. The highest BCUT2D eigenvalue weighted by Crippen LogP contribution is 2.33. The van der Waals surface area contributed by atoms with Gasteiger partial charge in [-0.15, -0.1) is 0 Å². The standard InChI is InChI=1S/C27H32N2O5/c1-4-32-27(31)21-9-7-20(8-10-21)26(30)29-23-11-5-17(2)13-22(23)18(3)28-15-19-6-12-24-25(14-19)34-16-33-24/h5-6,11-14,20-21,28H,3-4,7-10,15-16H2,1-2H3,(H,29,30). The number of aryl methyl sites for hydroxylation is 1. The summed E-state index contributed by atoms with van der Waals surface area (Å²) in [5.74, 6) is 1.12. The van der Waals surface area contributed by atoms with E-state index in [2.05, 4.69) is 17.2 Å². The lowest BCUT2D eigenvalue weighted by atomic mass is 9.81. The molecule has 1 heterocycles. The van der Waals surface area contributed by atoms with Crippen molar-refractivity contribution in [3.8, 4) is 11.5 Å². The normalized spacial score (nSPS) is 18.8. The molecule has 1 fully saturated rings. The molecule has 0 saturated heterocycles. The van der Waals surface area contributed by atoms with Gasteiger partial charge in [0.1, 0.15) is 0 Å². The zero-order chi connectivity index (χ0) is 24.1. The summed E-state index contributed by atoms with van der Waals surface area (Å²) in [6.45, 7) is 9.24. The maximum Gasteiger partial charge on any atom is 0.308 e. The van der Waals surface area contributed by atoms with Crippen LogP contribution in [0.2, 0.25) is 0 Å². The van der Waals surface area contributed by atoms with E-state index in [1.54, 1.807) is 0 Å². The molecule has 2 N–H and O–H groups in total. The molecule has 0 radical (unpaired) electrons. The van der Waals surface area contributed by atoms with Crippen molar-refractivity contribution in [2.75, 3.05) is 18.7 Å². The van der Waals surface area contributed by atoms with Crippen LogP contribution in [0, 0.1) is 18.8 Å². The summed E-state index contributed by atoms with van der Waals surface area (Å²) in [6.07, 6.45) is 2.72. The van der Waals surface area contributed by atoms with Crippen LogP contribution < -0.4 is 20.1 Å². The molecule has 0 unspecified atom stereocenters. The van der Waals surface area contributed by atoms with Gasteiger partial charge in [0.15, 0.2) is 11.5 Å². The van der Waals surface area contributed by atoms with Crippen molar-refractivity contribution < 1.29 is 23.8 Å². The van der Waals surface area contributed by atoms with E-state index in [0.717, 1.165) is 39.6 Å². The fourth-order valence-electron chi connectivity index (χ4n) is 4.46. The van der Waals surface area contributed by atoms with Crippen molar-refractivity contribution in [3.05, 3.63) is 59.7 Å². The van der Waals surface area contributed by atoms with Crippen LogP contribution in [-0.2, 0) is 20.9 Å². The maximum atomic E-state index is 13.0. The van der Waals surface area contributed by atoms with Crippen LogP contribution in [-0.4, -0.2) is 25.3 Å². The Bertz CT molecular complexity index is 1070. The minimum absolute atomic E-state index is 0.0176. The average Bonchev–Trinajstić information content (AvgIpc) is 3.32. The second-order valence-electron chi connectivity index (χ2n) is 8.86. The van der Waals surface area contributed by atoms with Gasteiger partial charge in [0.05, 0.1) is 18.2 Å². The fourth-order valence-corrected chi connectivity index (χ4v) is 4.46. The second-order valence-corrected chi connectivity index (χ2v) is 8.86. The monoisotopic (exact) mass is 464 g/mol. The Morgan fingerprint density at radius 2 is 1.76 bits per heavy atom. The molecule has 7 heteroatoms.